The second-order valence-electron chi connectivity index (χ2n) is 6.65. The third-order valence-electron chi connectivity index (χ3n) is 5.40. The molecule has 5 heteroatoms. The number of nitrogens with one attached hydrogen (secondary N) is 1. The number of hydrogen-bond acceptors (Lipinski definition) is 4. The molecule has 0 heterocycles. The molecule has 22 heavy (non-hydrogen) atoms. The average molecular weight is 302 g/mol. The van der Waals surface area contributed by atoms with Gasteiger partial charge in [-0.05, 0) is 55.9 Å². The molecule has 2 fully saturated rings. The summed E-state index contributed by atoms with van der Waals surface area (Å²) in [6.45, 7) is 0. The van der Waals surface area contributed by atoms with Gasteiger partial charge in [0, 0.05) is 11.3 Å². The largest absolute Gasteiger partial charge is 0.387 e. The van der Waals surface area contributed by atoms with Gasteiger partial charge in [0.2, 0.25) is 0 Å². The maximum absolute atomic E-state index is 11.2. The van der Waals surface area contributed by atoms with Crippen molar-refractivity contribution >= 4 is 11.5 Å². The molecular formula is C17H26N4O. The lowest BCUT2D eigenvalue weighted by Crippen LogP contribution is -2.56. The summed E-state index contributed by atoms with van der Waals surface area (Å²) in [5, 5.41) is 18.2. The summed E-state index contributed by atoms with van der Waals surface area (Å²) >= 11 is 0. The van der Waals surface area contributed by atoms with E-state index in [9.17, 15) is 5.11 Å². The van der Waals surface area contributed by atoms with E-state index in [-0.39, 0.29) is 6.04 Å². The number of nitrogens with two attached hydrogens (primary N) is 2. The van der Waals surface area contributed by atoms with Crippen molar-refractivity contribution in [3.05, 3.63) is 29.8 Å². The van der Waals surface area contributed by atoms with Gasteiger partial charge in [-0.1, -0.05) is 19.3 Å². The fraction of sp³-hybridized carbons (Fsp3) is 0.588. The van der Waals surface area contributed by atoms with Crippen LogP contribution in [0.5, 0.6) is 0 Å². The highest BCUT2D eigenvalue weighted by Gasteiger charge is 2.47. The van der Waals surface area contributed by atoms with Gasteiger partial charge in [0.25, 0.3) is 0 Å². The number of hydrogen-bond donors (Lipinski definition) is 4. The molecule has 0 spiro atoms. The molecule has 0 amide bonds. The van der Waals surface area contributed by atoms with E-state index in [0.717, 1.165) is 43.4 Å². The van der Waals surface area contributed by atoms with Crippen LogP contribution in [0.25, 0.3) is 0 Å². The Labute approximate surface area is 131 Å². The average Bonchev–Trinajstić information content (AvgIpc) is 2.55. The number of anilines is 1. The molecule has 2 aliphatic carbocycles. The molecule has 1 aromatic rings. The summed E-state index contributed by atoms with van der Waals surface area (Å²) in [6.07, 6.45) is 7.85. The zero-order valence-corrected chi connectivity index (χ0v) is 13.0. The van der Waals surface area contributed by atoms with Crippen LogP contribution in [0.2, 0.25) is 0 Å². The highest BCUT2D eigenvalue weighted by atomic mass is 16.3. The molecule has 2 saturated carbocycles. The lowest BCUT2D eigenvalue weighted by atomic mass is 9.65. The second-order valence-corrected chi connectivity index (χ2v) is 6.65. The summed E-state index contributed by atoms with van der Waals surface area (Å²) in [5.74, 6) is 5.98. The number of fused-ring (bicyclic) bond motifs is 1. The highest BCUT2D eigenvalue weighted by Crippen LogP contribution is 2.44. The molecule has 0 radical (unpaired) electrons. The Hall–Kier alpha value is -1.75. The van der Waals surface area contributed by atoms with Crippen LogP contribution in [0, 0.1) is 5.92 Å². The fourth-order valence-electron chi connectivity index (χ4n) is 4.13. The molecule has 2 aliphatic rings. The second kappa shape index (κ2) is 6.16. The zero-order valence-electron chi connectivity index (χ0n) is 13.0. The maximum Gasteiger partial charge on any atom is 0.150 e. The Kier molecular flexibility index (Phi) is 4.25. The van der Waals surface area contributed by atoms with Crippen molar-refractivity contribution < 1.29 is 5.11 Å². The third kappa shape index (κ3) is 2.77. The zero-order chi connectivity index (χ0) is 15.6. The summed E-state index contributed by atoms with van der Waals surface area (Å²) in [5.41, 5.74) is 6.98. The molecule has 0 saturated heterocycles. The first-order valence-electron chi connectivity index (χ1n) is 8.26. The van der Waals surface area contributed by atoms with Crippen molar-refractivity contribution in [1.29, 1.82) is 0 Å². The minimum absolute atomic E-state index is 0.137. The molecule has 0 bridgehead atoms. The minimum atomic E-state index is -0.549. The smallest absolute Gasteiger partial charge is 0.150 e. The normalized spacial score (nSPS) is 32.3. The number of aliphatic hydroxyl groups is 1. The molecule has 3 atom stereocenters. The number of benzene rings is 1. The molecule has 5 nitrogen and oxygen atoms in total. The Bertz CT molecular complexity index is 540. The Morgan fingerprint density at radius 1 is 1.14 bits per heavy atom. The van der Waals surface area contributed by atoms with Gasteiger partial charge >= 0.3 is 0 Å². The van der Waals surface area contributed by atoms with E-state index in [1.54, 1.807) is 0 Å². The molecule has 1 unspecified atom stereocenters. The van der Waals surface area contributed by atoms with Gasteiger partial charge in [-0.2, -0.15) is 5.10 Å². The van der Waals surface area contributed by atoms with Crippen molar-refractivity contribution in [3.63, 3.8) is 0 Å². The van der Waals surface area contributed by atoms with Crippen LogP contribution in [0.4, 0.5) is 5.69 Å². The monoisotopic (exact) mass is 302 g/mol. The van der Waals surface area contributed by atoms with Crippen LogP contribution < -0.4 is 16.9 Å². The Morgan fingerprint density at radius 2 is 1.86 bits per heavy atom. The van der Waals surface area contributed by atoms with Crippen LogP contribution in [0.3, 0.4) is 0 Å². The predicted octanol–water partition coefficient (Wildman–Crippen LogP) is 2.15. The van der Waals surface area contributed by atoms with Crippen LogP contribution >= 0.6 is 0 Å². The van der Waals surface area contributed by atoms with Crippen LogP contribution in [-0.2, 0) is 0 Å². The number of rotatable bonds is 3. The minimum Gasteiger partial charge on any atom is -0.387 e. The summed E-state index contributed by atoms with van der Waals surface area (Å²) in [6, 6.07) is 7.89. The lowest BCUT2D eigenvalue weighted by molar-refractivity contribution is -0.0835. The predicted molar refractivity (Wildman–Crippen MR) is 89.5 cm³/mol. The summed E-state index contributed by atoms with van der Waals surface area (Å²) < 4.78 is 0. The van der Waals surface area contributed by atoms with Crippen molar-refractivity contribution in [1.82, 2.24) is 0 Å². The topological polar surface area (TPSA) is 96.7 Å². The molecule has 1 aromatic carbocycles. The van der Waals surface area contributed by atoms with E-state index >= 15 is 0 Å². The van der Waals surface area contributed by atoms with Gasteiger partial charge in [-0.15, -0.1) is 0 Å². The van der Waals surface area contributed by atoms with Crippen LogP contribution in [0.1, 0.15) is 50.5 Å². The SMILES string of the molecule is N/N=C(\N)c1ccc(NC2CCC[C@H]3CCCC[C@]23O)cc1. The van der Waals surface area contributed by atoms with Crippen molar-refractivity contribution in [3.8, 4) is 0 Å². The maximum atomic E-state index is 11.2. The van der Waals surface area contributed by atoms with Gasteiger partial charge in [-0.3, -0.25) is 0 Å². The lowest BCUT2D eigenvalue weighted by Gasteiger charge is -2.49. The van der Waals surface area contributed by atoms with E-state index in [2.05, 4.69) is 10.4 Å². The summed E-state index contributed by atoms with van der Waals surface area (Å²) in [7, 11) is 0. The fourth-order valence-corrected chi connectivity index (χ4v) is 4.13. The van der Waals surface area contributed by atoms with Gasteiger partial charge in [0.05, 0.1) is 11.6 Å². The van der Waals surface area contributed by atoms with E-state index in [1.165, 1.54) is 12.8 Å². The Balaban J connectivity index is 1.74. The molecule has 0 aromatic heterocycles. The van der Waals surface area contributed by atoms with E-state index in [4.69, 9.17) is 11.6 Å². The Morgan fingerprint density at radius 3 is 2.59 bits per heavy atom. The molecular weight excluding hydrogens is 276 g/mol. The highest BCUT2D eigenvalue weighted by molar-refractivity contribution is 5.97. The number of hydrazone groups is 1. The van der Waals surface area contributed by atoms with Gasteiger partial charge < -0.3 is 22.0 Å². The van der Waals surface area contributed by atoms with Gasteiger partial charge in [-0.25, -0.2) is 0 Å². The van der Waals surface area contributed by atoms with Crippen molar-refractivity contribution in [2.75, 3.05) is 5.32 Å². The van der Waals surface area contributed by atoms with E-state index in [1.807, 2.05) is 24.3 Å². The molecule has 120 valence electrons. The van der Waals surface area contributed by atoms with E-state index < -0.39 is 5.60 Å². The standard InChI is InChI=1S/C17H26N4O/c18-16(21-19)12-7-9-14(10-8-12)20-15-6-3-5-13-4-1-2-11-17(13,15)22/h7-10,13,15,20,22H,1-6,11,19H2,(H2,18,21)/t13-,15?,17-/m1/s1. The molecule has 3 rings (SSSR count). The van der Waals surface area contributed by atoms with Gasteiger partial charge in [0.15, 0.2) is 0 Å². The van der Waals surface area contributed by atoms with Crippen molar-refractivity contribution in [2.45, 2.75) is 56.6 Å². The van der Waals surface area contributed by atoms with Crippen LogP contribution in [0.15, 0.2) is 29.4 Å². The van der Waals surface area contributed by atoms with Crippen LogP contribution in [-0.4, -0.2) is 22.6 Å². The quantitative estimate of drug-likeness (QED) is 0.298. The van der Waals surface area contributed by atoms with E-state index in [0.29, 0.717) is 11.8 Å². The first kappa shape index (κ1) is 15.2. The number of amidine groups is 1. The molecule has 0 aliphatic heterocycles. The first-order valence-corrected chi connectivity index (χ1v) is 8.26. The number of nitrogens with zero attached hydrogens (tertiary/aromatic N) is 1. The first-order chi connectivity index (χ1) is 10.6. The summed E-state index contributed by atoms with van der Waals surface area (Å²) in [4.78, 5) is 0. The third-order valence-corrected chi connectivity index (χ3v) is 5.40. The van der Waals surface area contributed by atoms with Gasteiger partial charge in [0.1, 0.15) is 5.84 Å². The molecule has 6 N–H and O–H groups in total. The van der Waals surface area contributed by atoms with Crippen molar-refractivity contribution in [2.24, 2.45) is 22.6 Å².